The Hall–Kier alpha value is -4.68. The number of primary amides is 1. The lowest BCUT2D eigenvalue weighted by Crippen LogP contribution is -2.16. The molecule has 0 spiro atoms. The summed E-state index contributed by atoms with van der Waals surface area (Å²) in [4.78, 5) is 16.9. The molecule has 1 amide bonds. The van der Waals surface area contributed by atoms with E-state index in [2.05, 4.69) is 64.5 Å². The van der Waals surface area contributed by atoms with Gasteiger partial charge in [-0.3, -0.25) is 9.78 Å². The van der Waals surface area contributed by atoms with Gasteiger partial charge in [0.1, 0.15) is 0 Å². The maximum Gasteiger partial charge on any atom is 0.250 e. The molecule has 3 N–H and O–H groups in total. The first-order valence-corrected chi connectivity index (χ1v) is 12.7. The average Bonchev–Trinajstić information content (AvgIpc) is 3.29. The molecule has 4 aromatic carbocycles. The zero-order valence-corrected chi connectivity index (χ0v) is 21.1. The zero-order valence-electron chi connectivity index (χ0n) is 21.1. The van der Waals surface area contributed by atoms with Gasteiger partial charge in [-0.05, 0) is 54.4 Å². The number of para-hydroxylation sites is 2. The van der Waals surface area contributed by atoms with Crippen LogP contribution in [0.25, 0.3) is 49.5 Å². The van der Waals surface area contributed by atoms with Crippen LogP contribution in [0.4, 0.5) is 5.69 Å². The maximum atomic E-state index is 12.2. The number of pyridine rings is 1. The molecule has 0 saturated heterocycles. The summed E-state index contributed by atoms with van der Waals surface area (Å²) < 4.78 is 7.41. The molecular formula is C32H28N4O2. The molecule has 6 nitrogen and oxygen atoms in total. The minimum Gasteiger partial charge on any atom is -0.385 e. The monoisotopic (exact) mass is 500 g/mol. The molecule has 2 aromatic heterocycles. The highest BCUT2D eigenvalue weighted by Gasteiger charge is 2.18. The van der Waals surface area contributed by atoms with Crippen LogP contribution in [-0.2, 0) is 4.74 Å². The Morgan fingerprint density at radius 1 is 0.947 bits per heavy atom. The fraction of sp³-hybridized carbons (Fsp3) is 0.125. The molecule has 38 heavy (non-hydrogen) atoms. The second kappa shape index (κ2) is 10.00. The number of carbonyl (C=O) groups is 1. The molecule has 0 fully saturated rings. The Bertz CT molecular complexity index is 1800. The van der Waals surface area contributed by atoms with Crippen LogP contribution in [-0.4, -0.2) is 35.7 Å². The smallest absolute Gasteiger partial charge is 0.250 e. The van der Waals surface area contributed by atoms with Gasteiger partial charge in [0.2, 0.25) is 0 Å². The van der Waals surface area contributed by atoms with E-state index in [4.69, 9.17) is 15.5 Å². The molecule has 0 atom stereocenters. The van der Waals surface area contributed by atoms with Gasteiger partial charge in [-0.15, -0.1) is 0 Å². The first-order chi connectivity index (χ1) is 18.7. The van der Waals surface area contributed by atoms with Gasteiger partial charge >= 0.3 is 0 Å². The van der Waals surface area contributed by atoms with Crippen LogP contribution in [0.2, 0.25) is 0 Å². The number of nitrogens with one attached hydrogen (secondary N) is 1. The van der Waals surface area contributed by atoms with Crippen molar-refractivity contribution in [2.24, 2.45) is 5.73 Å². The van der Waals surface area contributed by atoms with E-state index in [1.54, 1.807) is 13.2 Å². The number of nitrogens with two attached hydrogens (primary N) is 1. The highest BCUT2D eigenvalue weighted by Crippen LogP contribution is 2.39. The van der Waals surface area contributed by atoms with Crippen LogP contribution in [0, 0.1) is 0 Å². The lowest BCUT2D eigenvalue weighted by Gasteiger charge is -2.14. The van der Waals surface area contributed by atoms with Gasteiger partial charge in [0.25, 0.3) is 5.91 Å². The van der Waals surface area contributed by atoms with E-state index in [-0.39, 0.29) is 0 Å². The molecule has 0 unspecified atom stereocenters. The molecule has 0 saturated carbocycles. The first kappa shape index (κ1) is 23.7. The third-order valence-corrected chi connectivity index (χ3v) is 6.97. The summed E-state index contributed by atoms with van der Waals surface area (Å²) in [6.45, 7) is 1.31. The van der Waals surface area contributed by atoms with Crippen molar-refractivity contribution in [1.29, 1.82) is 0 Å². The first-order valence-electron chi connectivity index (χ1n) is 12.7. The molecule has 0 aliphatic heterocycles. The number of benzene rings is 4. The number of methoxy groups -OCH3 is 1. The molecule has 0 aliphatic carbocycles. The number of hydrogen-bond donors (Lipinski definition) is 2. The van der Waals surface area contributed by atoms with Crippen LogP contribution in [0.1, 0.15) is 16.8 Å². The molecule has 6 heteroatoms. The van der Waals surface area contributed by atoms with Gasteiger partial charge in [0.05, 0.1) is 22.1 Å². The van der Waals surface area contributed by atoms with Crippen molar-refractivity contribution < 1.29 is 9.53 Å². The van der Waals surface area contributed by atoms with Crippen molar-refractivity contribution in [3.63, 3.8) is 0 Å². The van der Waals surface area contributed by atoms with E-state index in [0.29, 0.717) is 24.4 Å². The van der Waals surface area contributed by atoms with Gasteiger partial charge < -0.3 is 20.4 Å². The summed E-state index contributed by atoms with van der Waals surface area (Å²) in [5.74, 6) is -0.459. The quantitative estimate of drug-likeness (QED) is 0.232. The zero-order chi connectivity index (χ0) is 26.1. The Balaban J connectivity index is 1.55. The number of hydrogen-bond acceptors (Lipinski definition) is 4. The summed E-state index contributed by atoms with van der Waals surface area (Å²) in [7, 11) is 1.68. The maximum absolute atomic E-state index is 12.2. The largest absolute Gasteiger partial charge is 0.385 e. The van der Waals surface area contributed by atoms with Gasteiger partial charge in [-0.1, -0.05) is 48.5 Å². The van der Waals surface area contributed by atoms with E-state index in [1.807, 2.05) is 36.5 Å². The third-order valence-electron chi connectivity index (χ3n) is 6.97. The molecule has 6 rings (SSSR count). The number of amides is 1. The van der Waals surface area contributed by atoms with E-state index in [0.717, 1.165) is 55.9 Å². The number of rotatable bonds is 8. The molecule has 6 aromatic rings. The second-order valence-electron chi connectivity index (χ2n) is 9.34. The SMILES string of the molecule is COCCCNc1cc(-n2c3ccccc3c3c(-c4cnc5ccccc5c4)cccc32)ccc1C(N)=O. The molecule has 188 valence electrons. The van der Waals surface area contributed by atoms with E-state index in [9.17, 15) is 4.79 Å². The lowest BCUT2D eigenvalue weighted by molar-refractivity contribution is 0.100. The number of aromatic nitrogens is 2. The van der Waals surface area contributed by atoms with Crippen LogP contribution in [0.5, 0.6) is 0 Å². The van der Waals surface area contributed by atoms with E-state index < -0.39 is 5.91 Å². The molecule has 0 bridgehead atoms. The predicted octanol–water partition coefficient (Wildman–Crippen LogP) is 6.55. The summed E-state index contributed by atoms with van der Waals surface area (Å²) in [5.41, 5.74) is 13.2. The highest BCUT2D eigenvalue weighted by atomic mass is 16.5. The van der Waals surface area contributed by atoms with E-state index >= 15 is 0 Å². The van der Waals surface area contributed by atoms with Crippen molar-refractivity contribution in [1.82, 2.24) is 9.55 Å². The minimum atomic E-state index is -0.459. The third kappa shape index (κ3) is 4.15. The van der Waals surface area contributed by atoms with Gasteiger partial charge in [0.15, 0.2) is 0 Å². The number of ether oxygens (including phenoxy) is 1. The summed E-state index contributed by atoms with van der Waals surface area (Å²) in [6.07, 6.45) is 2.77. The second-order valence-corrected chi connectivity index (χ2v) is 9.34. The summed E-state index contributed by atoms with van der Waals surface area (Å²) in [5, 5.41) is 6.80. The Morgan fingerprint density at radius 3 is 2.63 bits per heavy atom. The number of fused-ring (bicyclic) bond motifs is 4. The lowest BCUT2D eigenvalue weighted by atomic mass is 9.99. The Kier molecular flexibility index (Phi) is 6.23. The van der Waals surface area contributed by atoms with Crippen LogP contribution < -0.4 is 11.1 Å². The van der Waals surface area contributed by atoms with Crippen LogP contribution >= 0.6 is 0 Å². The Labute approximate surface area is 220 Å². The highest BCUT2D eigenvalue weighted by molar-refractivity contribution is 6.16. The predicted molar refractivity (Wildman–Crippen MR) is 155 cm³/mol. The molecular weight excluding hydrogens is 472 g/mol. The number of anilines is 1. The van der Waals surface area contributed by atoms with Gasteiger partial charge in [-0.25, -0.2) is 0 Å². The number of carbonyl (C=O) groups excluding carboxylic acids is 1. The van der Waals surface area contributed by atoms with Gasteiger partial charge in [-0.2, -0.15) is 0 Å². The molecule has 2 heterocycles. The standard InChI is InChI=1S/C32H28N4O2/c1-38-17-7-16-34-28-19-23(14-15-25(28)32(33)37)36-29-12-5-3-9-26(29)31-24(10-6-13-30(31)36)22-18-21-8-2-4-11-27(21)35-20-22/h2-6,8-15,18-20,34H,7,16-17H2,1H3,(H2,33,37). The van der Waals surface area contributed by atoms with Crippen LogP contribution in [0.3, 0.4) is 0 Å². The van der Waals surface area contributed by atoms with E-state index in [1.165, 1.54) is 0 Å². The van der Waals surface area contributed by atoms with Gasteiger partial charge in [0, 0.05) is 59.6 Å². The molecule has 0 aliphatic rings. The fourth-order valence-corrected chi connectivity index (χ4v) is 5.23. The number of nitrogens with zero attached hydrogens (tertiary/aromatic N) is 2. The fourth-order valence-electron chi connectivity index (χ4n) is 5.23. The molecule has 0 radical (unpaired) electrons. The van der Waals surface area contributed by atoms with Crippen LogP contribution in [0.15, 0.2) is 97.2 Å². The Morgan fingerprint density at radius 2 is 1.76 bits per heavy atom. The van der Waals surface area contributed by atoms with Crippen molar-refractivity contribution >= 4 is 44.3 Å². The summed E-state index contributed by atoms with van der Waals surface area (Å²) in [6, 6.07) is 30.9. The topological polar surface area (TPSA) is 82.2 Å². The van der Waals surface area contributed by atoms with Crippen molar-refractivity contribution in [3.05, 3.63) is 103 Å². The summed E-state index contributed by atoms with van der Waals surface area (Å²) >= 11 is 0. The van der Waals surface area contributed by atoms with Crippen molar-refractivity contribution in [2.45, 2.75) is 6.42 Å². The average molecular weight is 501 g/mol. The van der Waals surface area contributed by atoms with Crippen molar-refractivity contribution in [3.8, 4) is 16.8 Å². The normalized spacial score (nSPS) is 11.4. The van der Waals surface area contributed by atoms with Crippen molar-refractivity contribution in [2.75, 3.05) is 25.6 Å². The minimum absolute atomic E-state index is 0.459.